The molecule has 2 bridgehead atoms. The number of aryl methyl sites for hydroxylation is 2. The zero-order valence-corrected chi connectivity index (χ0v) is 26.1. The number of nitrogens with zero attached hydrogens (tertiary/aromatic N) is 5. The molecule has 3 fully saturated rings. The number of halogens is 1. The van der Waals surface area contributed by atoms with Gasteiger partial charge in [-0.2, -0.15) is 0 Å². The predicted molar refractivity (Wildman–Crippen MR) is 173 cm³/mol. The van der Waals surface area contributed by atoms with Crippen LogP contribution < -0.4 is 16.2 Å². The van der Waals surface area contributed by atoms with Crippen molar-refractivity contribution in [3.05, 3.63) is 65.0 Å². The highest BCUT2D eigenvalue weighted by Crippen LogP contribution is 2.40. The van der Waals surface area contributed by atoms with Crippen LogP contribution in [0.2, 0.25) is 0 Å². The number of primary amides is 1. The second-order valence-electron chi connectivity index (χ2n) is 13.2. The van der Waals surface area contributed by atoms with Crippen LogP contribution in [0.15, 0.2) is 42.5 Å². The third-order valence-electron chi connectivity index (χ3n) is 10.3. The van der Waals surface area contributed by atoms with E-state index in [9.17, 15) is 9.59 Å². The van der Waals surface area contributed by atoms with Gasteiger partial charge in [0.2, 0.25) is 5.91 Å². The van der Waals surface area contributed by atoms with Crippen molar-refractivity contribution in [1.29, 1.82) is 0 Å². The minimum absolute atomic E-state index is 0.0357. The van der Waals surface area contributed by atoms with Gasteiger partial charge in [0.15, 0.2) is 5.82 Å². The number of aromatic nitrogens is 4. The molecule has 8 rings (SSSR count). The third kappa shape index (κ3) is 4.39. The molecule has 2 saturated carbocycles. The molecule has 4 heterocycles. The molecule has 0 spiro atoms. The van der Waals surface area contributed by atoms with E-state index in [2.05, 4.69) is 10.6 Å². The van der Waals surface area contributed by atoms with Gasteiger partial charge in [-0.25, -0.2) is 14.4 Å². The van der Waals surface area contributed by atoms with Crippen LogP contribution in [-0.2, 0) is 13.6 Å². The molecule has 3 aromatic heterocycles. The van der Waals surface area contributed by atoms with Crippen molar-refractivity contribution < 1.29 is 18.7 Å². The standard InChI is InChI=1S/C35H36FN7O3/c1-17-10-23(24(36)14-22(17)32(38)44)25-8-6-19-12-28(42(33(19)39-25)15-18-4-5-18)34-40-26-11-21(13-29(46-3)31(26)41(34)2)35(45)43-16-20-7-9-27(43)30(20)37/h6,8,10-14,18,20,27,30H,4-5,7,9,15-16,37H2,1-3H3,(H2,38,44)/t20?,27?,30-/m1/s1. The van der Waals surface area contributed by atoms with Crippen LogP contribution in [0.25, 0.3) is 44.8 Å². The van der Waals surface area contributed by atoms with E-state index in [1.165, 1.54) is 6.07 Å². The number of benzene rings is 2. The van der Waals surface area contributed by atoms with E-state index in [0.29, 0.717) is 57.9 Å². The van der Waals surface area contributed by atoms with E-state index in [0.717, 1.165) is 54.5 Å². The van der Waals surface area contributed by atoms with E-state index in [4.69, 9.17) is 26.2 Å². The Morgan fingerprint density at radius 1 is 1.07 bits per heavy atom. The highest BCUT2D eigenvalue weighted by molar-refractivity contribution is 6.00. The average Bonchev–Trinajstić information content (AvgIpc) is 3.45. The molecule has 2 amide bonds. The van der Waals surface area contributed by atoms with Gasteiger partial charge in [-0.15, -0.1) is 0 Å². The van der Waals surface area contributed by atoms with Gasteiger partial charge in [0.1, 0.15) is 22.7 Å². The number of amides is 2. The number of imidazole rings is 1. The van der Waals surface area contributed by atoms with E-state index >= 15 is 4.39 Å². The molecular formula is C35H36FN7O3. The first-order valence-electron chi connectivity index (χ1n) is 15.8. The molecule has 0 radical (unpaired) electrons. The maximum atomic E-state index is 15.2. The molecule has 1 aliphatic heterocycles. The normalized spacial score (nSPS) is 20.7. The zero-order valence-electron chi connectivity index (χ0n) is 26.1. The van der Waals surface area contributed by atoms with Crippen LogP contribution in [0.1, 0.15) is 52.0 Å². The second kappa shape index (κ2) is 10.4. The fourth-order valence-corrected chi connectivity index (χ4v) is 7.62. The average molecular weight is 622 g/mol. The van der Waals surface area contributed by atoms with Crippen LogP contribution in [0.4, 0.5) is 4.39 Å². The molecule has 3 aliphatic rings. The summed E-state index contributed by atoms with van der Waals surface area (Å²) in [6, 6.07) is 12.4. The molecule has 2 unspecified atom stereocenters. The topological polar surface area (TPSA) is 134 Å². The summed E-state index contributed by atoms with van der Waals surface area (Å²) in [6.45, 7) is 3.17. The molecule has 10 nitrogen and oxygen atoms in total. The maximum Gasteiger partial charge on any atom is 0.254 e. The van der Waals surface area contributed by atoms with Crippen LogP contribution in [0, 0.1) is 24.6 Å². The summed E-state index contributed by atoms with van der Waals surface area (Å²) >= 11 is 0. The molecule has 11 heteroatoms. The first-order valence-corrected chi connectivity index (χ1v) is 15.8. The van der Waals surface area contributed by atoms with E-state index < -0.39 is 11.7 Å². The van der Waals surface area contributed by atoms with Gasteiger partial charge in [-0.3, -0.25) is 9.59 Å². The number of ether oxygens (including phenoxy) is 1. The van der Waals surface area contributed by atoms with Gasteiger partial charge in [0.25, 0.3) is 5.91 Å². The Balaban J connectivity index is 1.24. The molecule has 5 aromatic rings. The SMILES string of the molecule is COc1cc(C(=O)N2CC3CCC2[C@@H]3N)cc2nc(-c3cc4ccc(-c5cc(C)c(C(N)=O)cc5F)nc4n3CC3CC3)n(C)c12. The quantitative estimate of drug-likeness (QED) is 0.269. The number of hydrogen-bond donors (Lipinski definition) is 2. The number of fused-ring (bicyclic) bond motifs is 4. The van der Waals surface area contributed by atoms with Crippen molar-refractivity contribution in [3.63, 3.8) is 0 Å². The molecule has 3 atom stereocenters. The Morgan fingerprint density at radius 2 is 1.87 bits per heavy atom. The van der Waals surface area contributed by atoms with Crippen molar-refractivity contribution in [2.24, 2.45) is 30.4 Å². The summed E-state index contributed by atoms with van der Waals surface area (Å²) in [5, 5.41) is 0.903. The van der Waals surface area contributed by atoms with Gasteiger partial charge in [0.05, 0.1) is 24.0 Å². The summed E-state index contributed by atoms with van der Waals surface area (Å²) in [5.41, 5.74) is 17.0. The largest absolute Gasteiger partial charge is 0.494 e. The Kier molecular flexibility index (Phi) is 6.47. The summed E-state index contributed by atoms with van der Waals surface area (Å²) < 4.78 is 25.2. The number of nitrogens with two attached hydrogens (primary N) is 2. The van der Waals surface area contributed by atoms with Crippen molar-refractivity contribution in [2.45, 2.75) is 51.2 Å². The predicted octanol–water partition coefficient (Wildman–Crippen LogP) is 4.78. The fraction of sp³-hybridized carbons (Fsp3) is 0.371. The van der Waals surface area contributed by atoms with E-state index in [-0.39, 0.29) is 23.6 Å². The highest BCUT2D eigenvalue weighted by atomic mass is 19.1. The highest BCUT2D eigenvalue weighted by Gasteiger charge is 2.47. The Bertz CT molecular complexity index is 2100. The molecule has 236 valence electrons. The zero-order chi connectivity index (χ0) is 32.0. The minimum Gasteiger partial charge on any atom is -0.494 e. The Morgan fingerprint density at radius 3 is 2.54 bits per heavy atom. The number of likely N-dealkylation sites (tertiary alicyclic amines) is 1. The maximum absolute atomic E-state index is 15.2. The third-order valence-corrected chi connectivity index (χ3v) is 10.3. The van der Waals surface area contributed by atoms with Crippen molar-refractivity contribution in [2.75, 3.05) is 13.7 Å². The smallest absolute Gasteiger partial charge is 0.254 e. The second-order valence-corrected chi connectivity index (χ2v) is 13.2. The molecular weight excluding hydrogens is 585 g/mol. The first-order chi connectivity index (χ1) is 22.1. The molecule has 2 aliphatic carbocycles. The number of hydrogen-bond acceptors (Lipinski definition) is 6. The first kappa shape index (κ1) is 28.7. The van der Waals surface area contributed by atoms with Crippen LogP contribution in [0.5, 0.6) is 5.75 Å². The minimum atomic E-state index is -0.669. The van der Waals surface area contributed by atoms with Gasteiger partial charge in [0, 0.05) is 54.3 Å². The number of methoxy groups -OCH3 is 1. The van der Waals surface area contributed by atoms with Crippen molar-refractivity contribution in [3.8, 4) is 28.5 Å². The van der Waals surface area contributed by atoms with Crippen molar-refractivity contribution >= 4 is 33.9 Å². The Hall–Kier alpha value is -4.77. The lowest BCUT2D eigenvalue weighted by Gasteiger charge is -2.27. The van der Waals surface area contributed by atoms with Crippen LogP contribution >= 0.6 is 0 Å². The lowest BCUT2D eigenvalue weighted by atomic mass is 10.0. The summed E-state index contributed by atoms with van der Waals surface area (Å²) in [4.78, 5) is 37.4. The molecule has 2 aromatic carbocycles. The van der Waals surface area contributed by atoms with Gasteiger partial charge >= 0.3 is 0 Å². The lowest BCUT2D eigenvalue weighted by molar-refractivity contribution is 0.0700. The number of carbonyl (C=O) groups is 2. The lowest BCUT2D eigenvalue weighted by Crippen LogP contribution is -2.41. The molecule has 46 heavy (non-hydrogen) atoms. The van der Waals surface area contributed by atoms with Gasteiger partial charge < -0.3 is 30.2 Å². The van der Waals surface area contributed by atoms with E-state index in [1.807, 2.05) is 28.6 Å². The number of rotatable bonds is 7. The number of carbonyl (C=O) groups excluding carboxylic acids is 2. The van der Waals surface area contributed by atoms with E-state index in [1.54, 1.807) is 32.2 Å². The van der Waals surface area contributed by atoms with Gasteiger partial charge in [-0.1, -0.05) is 0 Å². The van der Waals surface area contributed by atoms with Crippen LogP contribution in [0.3, 0.4) is 0 Å². The van der Waals surface area contributed by atoms with Crippen molar-refractivity contribution in [1.82, 2.24) is 24.0 Å². The number of piperidine rings is 1. The van der Waals surface area contributed by atoms with Gasteiger partial charge in [-0.05, 0) is 92.5 Å². The monoisotopic (exact) mass is 621 g/mol. The molecule has 1 saturated heterocycles. The summed E-state index contributed by atoms with van der Waals surface area (Å²) in [5.74, 6) is 0.906. The summed E-state index contributed by atoms with van der Waals surface area (Å²) in [7, 11) is 3.55. The van der Waals surface area contributed by atoms with Crippen LogP contribution in [-0.4, -0.2) is 61.6 Å². The fourth-order valence-electron chi connectivity index (χ4n) is 7.62. The molecule has 4 N–H and O–H groups in total. The number of pyridine rings is 1. The Labute approximate surface area is 265 Å². The summed E-state index contributed by atoms with van der Waals surface area (Å²) in [6.07, 6.45) is 4.27.